The number of aliphatic hydroxyl groups excluding tert-OH is 1. The van der Waals surface area contributed by atoms with Gasteiger partial charge in [0.15, 0.2) is 11.5 Å². The second-order valence-corrected chi connectivity index (χ2v) is 5.08. The van der Waals surface area contributed by atoms with Gasteiger partial charge in [0, 0.05) is 0 Å². The molecule has 2 aromatic rings. The Morgan fingerprint density at radius 3 is 2.38 bits per heavy atom. The Balaban J connectivity index is 0.00000288. The van der Waals surface area contributed by atoms with Crippen molar-refractivity contribution in [2.45, 2.75) is 18.6 Å². The van der Waals surface area contributed by atoms with Crippen LogP contribution in [0.3, 0.4) is 0 Å². The average Bonchev–Trinajstić information content (AvgIpc) is 2.60. The van der Waals surface area contributed by atoms with Crippen molar-refractivity contribution in [3.8, 4) is 11.5 Å². The number of ether oxygens (including phenoxy) is 2. The van der Waals surface area contributed by atoms with E-state index < -0.39 is 18.6 Å². The number of alkyl halides is 2. The molecule has 0 aliphatic heterocycles. The molecule has 0 saturated heterocycles. The molecule has 0 spiro atoms. The molecule has 0 aliphatic rings. The van der Waals surface area contributed by atoms with Crippen molar-refractivity contribution in [1.82, 2.24) is 0 Å². The number of halogens is 3. The molecule has 132 valence electrons. The van der Waals surface area contributed by atoms with Gasteiger partial charge in [-0.05, 0) is 23.3 Å². The standard InChI is InChI=1S/C17H19F2NO3.ClH/c1-22-15-9-13(16(20)17(18,19)11-21)7-8-14(15)23-10-12-5-3-2-4-6-12;/h2-9,16,21H,10-11,20H2,1H3;1H/t16-;/m1./s1. The number of aliphatic hydroxyl groups is 1. The summed E-state index contributed by atoms with van der Waals surface area (Å²) in [5.41, 5.74) is 6.65. The van der Waals surface area contributed by atoms with Gasteiger partial charge in [-0.1, -0.05) is 36.4 Å². The molecule has 0 unspecified atom stereocenters. The second-order valence-electron chi connectivity index (χ2n) is 5.08. The largest absolute Gasteiger partial charge is 0.493 e. The zero-order valence-electron chi connectivity index (χ0n) is 13.1. The molecule has 0 heterocycles. The molecule has 7 heteroatoms. The van der Waals surface area contributed by atoms with Gasteiger partial charge in [-0.15, -0.1) is 12.4 Å². The Kier molecular flexibility index (Phi) is 7.41. The number of nitrogens with two attached hydrogens (primary N) is 1. The van der Waals surface area contributed by atoms with E-state index >= 15 is 0 Å². The number of hydrogen-bond donors (Lipinski definition) is 2. The van der Waals surface area contributed by atoms with Crippen LogP contribution in [0.4, 0.5) is 8.78 Å². The first-order valence-corrected chi connectivity index (χ1v) is 7.07. The van der Waals surface area contributed by atoms with E-state index in [1.807, 2.05) is 30.3 Å². The van der Waals surface area contributed by atoms with E-state index in [9.17, 15) is 8.78 Å². The van der Waals surface area contributed by atoms with Crippen molar-refractivity contribution in [2.24, 2.45) is 5.73 Å². The minimum atomic E-state index is -3.41. The van der Waals surface area contributed by atoms with Crippen LogP contribution in [0.1, 0.15) is 17.2 Å². The molecule has 2 rings (SSSR count). The Morgan fingerprint density at radius 1 is 1.12 bits per heavy atom. The normalized spacial score (nSPS) is 12.2. The lowest BCUT2D eigenvalue weighted by Gasteiger charge is -2.22. The highest BCUT2D eigenvalue weighted by Gasteiger charge is 2.37. The summed E-state index contributed by atoms with van der Waals surface area (Å²) < 4.78 is 37.8. The Morgan fingerprint density at radius 2 is 1.79 bits per heavy atom. The van der Waals surface area contributed by atoms with E-state index in [4.69, 9.17) is 20.3 Å². The summed E-state index contributed by atoms with van der Waals surface area (Å²) in [4.78, 5) is 0. The Bertz CT molecular complexity index is 641. The molecule has 4 nitrogen and oxygen atoms in total. The van der Waals surface area contributed by atoms with Crippen molar-refractivity contribution in [3.05, 3.63) is 59.7 Å². The minimum absolute atomic E-state index is 0. The third-order valence-corrected chi connectivity index (χ3v) is 3.45. The molecule has 24 heavy (non-hydrogen) atoms. The van der Waals surface area contributed by atoms with Crippen molar-refractivity contribution >= 4 is 12.4 Å². The van der Waals surface area contributed by atoms with Gasteiger partial charge in [0.1, 0.15) is 13.2 Å². The summed E-state index contributed by atoms with van der Waals surface area (Å²) in [6, 6.07) is 12.3. The predicted octanol–water partition coefficient (Wildman–Crippen LogP) is 3.32. The molecule has 3 N–H and O–H groups in total. The van der Waals surface area contributed by atoms with Gasteiger partial charge >= 0.3 is 0 Å². The van der Waals surface area contributed by atoms with Crippen LogP contribution in [0, 0.1) is 0 Å². The zero-order chi connectivity index (χ0) is 16.9. The van der Waals surface area contributed by atoms with E-state index in [2.05, 4.69) is 0 Å². The first kappa shape index (κ1) is 20.2. The van der Waals surface area contributed by atoms with E-state index in [0.29, 0.717) is 18.1 Å². The summed E-state index contributed by atoms with van der Waals surface area (Å²) in [7, 11) is 1.42. The summed E-state index contributed by atoms with van der Waals surface area (Å²) in [6.07, 6.45) is 0. The van der Waals surface area contributed by atoms with Crippen LogP contribution in [0.15, 0.2) is 48.5 Å². The highest BCUT2D eigenvalue weighted by Crippen LogP contribution is 2.35. The van der Waals surface area contributed by atoms with Gasteiger partial charge in [-0.25, -0.2) is 8.78 Å². The summed E-state index contributed by atoms with van der Waals surface area (Å²) in [5, 5.41) is 8.73. The first-order valence-electron chi connectivity index (χ1n) is 7.07. The van der Waals surface area contributed by atoms with Gasteiger partial charge in [0.25, 0.3) is 5.92 Å². The quantitative estimate of drug-likeness (QED) is 0.796. The second kappa shape index (κ2) is 8.82. The molecule has 0 bridgehead atoms. The maximum atomic E-state index is 13.5. The van der Waals surface area contributed by atoms with Crippen molar-refractivity contribution in [3.63, 3.8) is 0 Å². The maximum Gasteiger partial charge on any atom is 0.289 e. The van der Waals surface area contributed by atoms with Crippen LogP contribution in [0.25, 0.3) is 0 Å². The minimum Gasteiger partial charge on any atom is -0.493 e. The lowest BCUT2D eigenvalue weighted by molar-refractivity contribution is -0.0712. The number of benzene rings is 2. The van der Waals surface area contributed by atoms with E-state index in [0.717, 1.165) is 5.56 Å². The third-order valence-electron chi connectivity index (χ3n) is 3.45. The van der Waals surface area contributed by atoms with Gasteiger partial charge in [0.05, 0.1) is 13.2 Å². The molecular formula is C17H20ClF2NO3. The first-order chi connectivity index (χ1) is 11.0. The molecule has 0 aromatic heterocycles. The van der Waals surface area contributed by atoms with E-state index in [-0.39, 0.29) is 18.0 Å². The topological polar surface area (TPSA) is 64.7 Å². The number of methoxy groups -OCH3 is 1. The van der Waals surface area contributed by atoms with Crippen LogP contribution in [-0.4, -0.2) is 24.7 Å². The molecule has 1 atom stereocenters. The van der Waals surface area contributed by atoms with Gasteiger partial charge in [-0.3, -0.25) is 0 Å². The summed E-state index contributed by atoms with van der Waals surface area (Å²) >= 11 is 0. The molecule has 0 amide bonds. The van der Waals surface area contributed by atoms with Crippen LogP contribution >= 0.6 is 12.4 Å². The molecule has 0 radical (unpaired) electrons. The lowest BCUT2D eigenvalue weighted by atomic mass is 10.0. The molecule has 0 fully saturated rings. The SMILES string of the molecule is COc1cc([C@@H](N)C(F)(F)CO)ccc1OCc1ccccc1.Cl. The fourth-order valence-corrected chi connectivity index (χ4v) is 2.07. The predicted molar refractivity (Wildman–Crippen MR) is 90.0 cm³/mol. The van der Waals surface area contributed by atoms with Crippen molar-refractivity contribution in [2.75, 3.05) is 13.7 Å². The van der Waals surface area contributed by atoms with Gasteiger partial charge < -0.3 is 20.3 Å². The fraction of sp³-hybridized carbons (Fsp3) is 0.294. The van der Waals surface area contributed by atoms with Gasteiger partial charge in [-0.2, -0.15) is 0 Å². The number of rotatable bonds is 7. The van der Waals surface area contributed by atoms with Gasteiger partial charge in [0.2, 0.25) is 0 Å². The number of hydrogen-bond acceptors (Lipinski definition) is 4. The molecule has 0 saturated carbocycles. The zero-order valence-corrected chi connectivity index (χ0v) is 13.9. The Labute approximate surface area is 145 Å². The summed E-state index contributed by atoms with van der Waals surface area (Å²) in [5.74, 6) is -2.67. The highest BCUT2D eigenvalue weighted by molar-refractivity contribution is 5.85. The fourth-order valence-electron chi connectivity index (χ4n) is 2.07. The van der Waals surface area contributed by atoms with Crippen molar-refractivity contribution in [1.29, 1.82) is 0 Å². The summed E-state index contributed by atoms with van der Waals surface area (Å²) in [6.45, 7) is -0.988. The van der Waals surface area contributed by atoms with Crippen LogP contribution < -0.4 is 15.2 Å². The Hall–Kier alpha value is -1.89. The maximum absolute atomic E-state index is 13.5. The van der Waals surface area contributed by atoms with Crippen LogP contribution in [0.2, 0.25) is 0 Å². The van der Waals surface area contributed by atoms with Crippen LogP contribution in [0.5, 0.6) is 11.5 Å². The smallest absolute Gasteiger partial charge is 0.289 e. The highest BCUT2D eigenvalue weighted by atomic mass is 35.5. The molecule has 2 aromatic carbocycles. The lowest BCUT2D eigenvalue weighted by Crippen LogP contribution is -2.36. The molecule has 0 aliphatic carbocycles. The monoisotopic (exact) mass is 359 g/mol. The third kappa shape index (κ3) is 4.80. The van der Waals surface area contributed by atoms with E-state index in [1.54, 1.807) is 0 Å². The average molecular weight is 360 g/mol. The van der Waals surface area contributed by atoms with Crippen molar-refractivity contribution < 1.29 is 23.4 Å². The molecular weight excluding hydrogens is 340 g/mol. The van der Waals surface area contributed by atoms with Crippen LogP contribution in [-0.2, 0) is 6.61 Å². The van der Waals surface area contributed by atoms with E-state index in [1.165, 1.54) is 25.3 Å².